The fraction of sp³-hybridized carbons (Fsp3) is 0.395. The van der Waals surface area contributed by atoms with E-state index in [1.165, 1.54) is 10.9 Å². The van der Waals surface area contributed by atoms with Crippen LogP contribution in [0.4, 0.5) is 14.5 Å². The molecule has 0 saturated carbocycles. The van der Waals surface area contributed by atoms with Gasteiger partial charge in [0.25, 0.3) is 18.2 Å². The monoisotopic (exact) mass is 780 g/mol. The highest BCUT2D eigenvalue weighted by atomic mass is 19.3. The van der Waals surface area contributed by atoms with Crippen molar-refractivity contribution in [2.45, 2.75) is 57.0 Å². The van der Waals surface area contributed by atoms with Gasteiger partial charge in [0.2, 0.25) is 17.7 Å². The molecule has 8 heterocycles. The minimum absolute atomic E-state index is 0.0594. The molecule has 4 aliphatic rings. The molecule has 4 aromatic heterocycles. The molecule has 0 spiro atoms. The number of nitrogens with zero attached hydrogens (tertiary/aromatic N) is 10. The lowest BCUT2D eigenvalue weighted by Gasteiger charge is -2.38. The third-order valence-corrected chi connectivity index (χ3v) is 11.6. The van der Waals surface area contributed by atoms with Gasteiger partial charge in [-0.05, 0) is 74.4 Å². The van der Waals surface area contributed by atoms with Gasteiger partial charge in [0.15, 0.2) is 5.69 Å². The number of piperidine rings is 3. The van der Waals surface area contributed by atoms with Gasteiger partial charge in [-0.2, -0.15) is 10.2 Å². The van der Waals surface area contributed by atoms with Crippen molar-refractivity contribution in [3.05, 3.63) is 77.4 Å². The molecule has 3 saturated heterocycles. The van der Waals surface area contributed by atoms with E-state index in [0.717, 1.165) is 69.0 Å². The number of primary amides is 1. The van der Waals surface area contributed by atoms with Gasteiger partial charge < -0.3 is 15.5 Å². The van der Waals surface area contributed by atoms with Crippen LogP contribution in [-0.4, -0.2) is 112 Å². The van der Waals surface area contributed by atoms with Crippen LogP contribution in [0.1, 0.15) is 87.8 Å². The first-order chi connectivity index (χ1) is 27.5. The number of nitrogens with two attached hydrogens (primary N) is 1. The van der Waals surface area contributed by atoms with Gasteiger partial charge >= 0.3 is 0 Å². The van der Waals surface area contributed by atoms with E-state index in [2.05, 4.69) is 35.6 Å². The largest absolute Gasteiger partial charge is 0.371 e. The summed E-state index contributed by atoms with van der Waals surface area (Å²) in [6.07, 6.45) is 5.25. The average Bonchev–Trinajstić information content (AvgIpc) is 4.01. The van der Waals surface area contributed by atoms with Crippen molar-refractivity contribution >= 4 is 40.7 Å². The van der Waals surface area contributed by atoms with Crippen molar-refractivity contribution in [1.82, 2.24) is 49.5 Å². The lowest BCUT2D eigenvalue weighted by molar-refractivity contribution is -0.136. The molecule has 9 rings (SSSR count). The van der Waals surface area contributed by atoms with Gasteiger partial charge in [-0.25, -0.2) is 18.0 Å². The van der Waals surface area contributed by atoms with Crippen LogP contribution < -0.4 is 16.0 Å². The Morgan fingerprint density at radius 2 is 1.68 bits per heavy atom. The molecule has 3 N–H and O–H groups in total. The highest BCUT2D eigenvalue weighted by Gasteiger charge is 2.45. The number of anilines is 1. The zero-order valence-electron chi connectivity index (χ0n) is 30.6. The highest BCUT2D eigenvalue weighted by molar-refractivity contribution is 6.23. The van der Waals surface area contributed by atoms with E-state index in [1.807, 2.05) is 6.07 Å². The summed E-state index contributed by atoms with van der Waals surface area (Å²) >= 11 is 0. The van der Waals surface area contributed by atoms with Crippen LogP contribution in [0.3, 0.4) is 0 Å². The summed E-state index contributed by atoms with van der Waals surface area (Å²) in [6, 6.07) is 9.27. The van der Waals surface area contributed by atoms with E-state index in [4.69, 9.17) is 5.73 Å². The highest BCUT2D eigenvalue weighted by Crippen LogP contribution is 2.34. The number of halogens is 2. The van der Waals surface area contributed by atoms with Gasteiger partial charge in [0.05, 0.1) is 52.5 Å². The average molecular weight is 781 g/mol. The first-order valence-electron chi connectivity index (χ1n) is 18.9. The molecule has 19 heteroatoms. The molecule has 0 radical (unpaired) electrons. The molecule has 0 aliphatic carbocycles. The number of rotatable bonds is 9. The molecular weight excluding hydrogens is 742 g/mol. The molecule has 4 aliphatic heterocycles. The Bertz CT molecular complexity index is 2440. The summed E-state index contributed by atoms with van der Waals surface area (Å²) in [6.45, 7) is 4.08. The van der Waals surface area contributed by atoms with Crippen LogP contribution in [0.5, 0.6) is 0 Å². The quantitative estimate of drug-likeness (QED) is 0.209. The van der Waals surface area contributed by atoms with Gasteiger partial charge in [0.1, 0.15) is 17.4 Å². The standard InChI is InChI=1S/C38H38F2N12O5/c39-34(40)33-31(50-19-28(44-46-50)29-4-2-25-15-22(35(41)54)17-42-52(25)29)20-49(45-33)23-9-11-47(12-10-23)18-21-7-13-48(14-8-21)24-1-3-26-27(16-24)38(57)51(37(26)56)30-5-6-32(53)43-36(30)55/h1-4,15-17,19-21,23,30,34H,5-14,18H2,(H2,41,54)(H,43,53,55). The smallest absolute Gasteiger partial charge is 0.284 e. The molecule has 3 fully saturated rings. The maximum atomic E-state index is 14.3. The van der Waals surface area contributed by atoms with Crippen molar-refractivity contribution in [2.24, 2.45) is 11.7 Å². The topological polar surface area (TPSA) is 199 Å². The van der Waals surface area contributed by atoms with E-state index in [-0.39, 0.29) is 47.0 Å². The molecule has 5 amide bonds. The van der Waals surface area contributed by atoms with Crippen molar-refractivity contribution in [3.63, 3.8) is 0 Å². The van der Waals surface area contributed by atoms with Gasteiger partial charge in [-0.3, -0.25) is 38.9 Å². The van der Waals surface area contributed by atoms with Crippen LogP contribution in [0, 0.1) is 5.92 Å². The lowest BCUT2D eigenvalue weighted by Crippen LogP contribution is -2.54. The van der Waals surface area contributed by atoms with Gasteiger partial charge in [-0.1, -0.05) is 5.21 Å². The van der Waals surface area contributed by atoms with Crippen LogP contribution >= 0.6 is 0 Å². The number of amides is 5. The fourth-order valence-corrected chi connectivity index (χ4v) is 8.50. The Hall–Kier alpha value is -6.37. The molecular formula is C38H38F2N12O5. The number of nitrogens with one attached hydrogen (secondary N) is 1. The predicted molar refractivity (Wildman–Crippen MR) is 198 cm³/mol. The van der Waals surface area contributed by atoms with E-state index < -0.39 is 42.0 Å². The summed E-state index contributed by atoms with van der Waals surface area (Å²) in [5.74, 6) is -2.22. The van der Waals surface area contributed by atoms with Crippen LogP contribution in [0.25, 0.3) is 22.6 Å². The zero-order chi connectivity index (χ0) is 39.5. The third kappa shape index (κ3) is 6.60. The number of fused-ring (bicyclic) bond motifs is 2. The van der Waals surface area contributed by atoms with Gasteiger partial charge in [0, 0.05) is 44.8 Å². The Balaban J connectivity index is 0.799. The predicted octanol–water partition coefficient (Wildman–Crippen LogP) is 2.77. The Kier molecular flexibility index (Phi) is 9.09. The number of aromatic nitrogens is 7. The minimum Gasteiger partial charge on any atom is -0.371 e. The van der Waals surface area contributed by atoms with Crippen molar-refractivity contribution in [1.29, 1.82) is 0 Å². The van der Waals surface area contributed by atoms with Crippen molar-refractivity contribution < 1.29 is 32.8 Å². The molecule has 5 aromatic rings. The Labute approximate surface area is 323 Å². The molecule has 0 bridgehead atoms. The number of carbonyl (C=O) groups excluding carboxylic acids is 5. The van der Waals surface area contributed by atoms with E-state index in [1.54, 1.807) is 51.9 Å². The maximum Gasteiger partial charge on any atom is 0.284 e. The number of imide groups is 2. The number of alkyl halides is 2. The van der Waals surface area contributed by atoms with Crippen molar-refractivity contribution in [3.8, 4) is 17.1 Å². The summed E-state index contributed by atoms with van der Waals surface area (Å²) in [7, 11) is 0. The van der Waals surface area contributed by atoms with Crippen LogP contribution in [0.15, 0.2) is 55.0 Å². The summed E-state index contributed by atoms with van der Waals surface area (Å²) < 4.78 is 33.1. The molecule has 1 unspecified atom stereocenters. The first kappa shape index (κ1) is 36.3. The number of hydrogen-bond acceptors (Lipinski definition) is 11. The molecule has 294 valence electrons. The lowest BCUT2D eigenvalue weighted by atomic mass is 9.94. The van der Waals surface area contributed by atoms with Crippen LogP contribution in [-0.2, 0) is 9.59 Å². The second kappa shape index (κ2) is 14.3. The fourth-order valence-electron chi connectivity index (χ4n) is 8.50. The number of hydrogen-bond donors (Lipinski definition) is 2. The minimum atomic E-state index is -2.82. The molecule has 57 heavy (non-hydrogen) atoms. The number of carbonyl (C=O) groups is 5. The zero-order valence-corrected chi connectivity index (χ0v) is 30.6. The summed E-state index contributed by atoms with van der Waals surface area (Å²) in [5.41, 5.74) is 8.36. The van der Waals surface area contributed by atoms with E-state index >= 15 is 0 Å². The van der Waals surface area contributed by atoms with Crippen molar-refractivity contribution in [2.75, 3.05) is 37.6 Å². The van der Waals surface area contributed by atoms with E-state index in [0.29, 0.717) is 22.8 Å². The first-order valence-corrected chi connectivity index (χ1v) is 18.9. The normalized spacial score (nSPS) is 19.9. The molecule has 1 aromatic carbocycles. The SMILES string of the molecule is NC(=O)c1cnn2c(-c3cn(-c4cn(C5CCN(CC6CCN(c7ccc8c(c7)C(=O)N(C7CCC(=O)NC7=O)C8=O)CC6)CC5)nc4C(F)F)nn3)ccc2c1. The van der Waals surface area contributed by atoms with Gasteiger partial charge in [-0.15, -0.1) is 5.10 Å². The third-order valence-electron chi connectivity index (χ3n) is 11.6. The van der Waals surface area contributed by atoms with E-state index in [9.17, 15) is 32.8 Å². The Morgan fingerprint density at radius 3 is 2.42 bits per heavy atom. The molecule has 17 nitrogen and oxygen atoms in total. The summed E-state index contributed by atoms with van der Waals surface area (Å²) in [5, 5.41) is 19.2. The number of likely N-dealkylation sites (tertiary alicyclic amines) is 1. The second-order valence-corrected chi connectivity index (χ2v) is 15.0. The maximum absolute atomic E-state index is 14.3. The second-order valence-electron chi connectivity index (χ2n) is 15.0. The number of benzene rings is 1. The van der Waals surface area contributed by atoms with Crippen LogP contribution in [0.2, 0.25) is 0 Å². The summed E-state index contributed by atoms with van der Waals surface area (Å²) in [4.78, 5) is 67.7. The molecule has 1 atom stereocenters. The Morgan fingerprint density at radius 1 is 0.912 bits per heavy atom.